The number of ether oxygens (including phenoxy) is 2. The predicted molar refractivity (Wildman–Crippen MR) is 132 cm³/mol. The van der Waals surface area contributed by atoms with Gasteiger partial charge in [0, 0.05) is 13.1 Å². The number of thioether (sulfide) groups is 1. The van der Waals surface area contributed by atoms with Crippen molar-refractivity contribution in [2.24, 2.45) is 0 Å². The van der Waals surface area contributed by atoms with Gasteiger partial charge in [-0.15, -0.1) is 0 Å². The number of methoxy groups -OCH3 is 1. The Bertz CT molecular complexity index is 1160. The third kappa shape index (κ3) is 5.39. The van der Waals surface area contributed by atoms with Crippen LogP contribution >= 0.6 is 23.4 Å². The van der Waals surface area contributed by atoms with Gasteiger partial charge in [0.1, 0.15) is 13.2 Å². The minimum Gasteiger partial charge on any atom is -0.493 e. The minimum absolute atomic E-state index is 0.208. The van der Waals surface area contributed by atoms with Crippen LogP contribution in [0, 0.1) is 6.92 Å². The molecule has 2 aromatic rings. The predicted octanol–water partition coefficient (Wildman–Crippen LogP) is 4.89. The van der Waals surface area contributed by atoms with Gasteiger partial charge in [0.2, 0.25) is 5.91 Å². The summed E-state index contributed by atoms with van der Waals surface area (Å²) in [5, 5.41) is -0.137. The second-order valence-corrected chi connectivity index (χ2v) is 9.57. The van der Waals surface area contributed by atoms with Crippen LogP contribution in [-0.4, -0.2) is 53.6 Å². The molecule has 34 heavy (non-hydrogen) atoms. The molecule has 2 saturated heterocycles. The first-order valence-electron chi connectivity index (χ1n) is 10.9. The lowest BCUT2D eigenvalue weighted by molar-refractivity contribution is -0.135. The molecular weight excluding hydrogens is 476 g/mol. The Labute approximate surface area is 207 Å². The van der Waals surface area contributed by atoms with Gasteiger partial charge >= 0.3 is 0 Å². The van der Waals surface area contributed by atoms with Crippen LogP contribution < -0.4 is 9.47 Å². The highest BCUT2D eigenvalue weighted by Gasteiger charge is 2.37. The molecule has 3 amide bonds. The van der Waals surface area contributed by atoms with E-state index in [4.69, 9.17) is 21.1 Å². The van der Waals surface area contributed by atoms with Crippen molar-refractivity contribution in [1.29, 1.82) is 0 Å². The zero-order chi connectivity index (χ0) is 24.2. The Kier molecular flexibility index (Phi) is 7.48. The lowest BCUT2D eigenvalue weighted by atomic mass is 10.1. The molecule has 4 rings (SSSR count). The number of nitrogens with zero attached hydrogens (tertiary/aromatic N) is 2. The summed E-state index contributed by atoms with van der Waals surface area (Å²) < 4.78 is 11.4. The molecule has 0 bridgehead atoms. The van der Waals surface area contributed by atoms with Crippen LogP contribution in [0.2, 0.25) is 5.02 Å². The number of hydrogen-bond acceptors (Lipinski definition) is 6. The van der Waals surface area contributed by atoms with Crippen LogP contribution in [0.5, 0.6) is 11.5 Å². The zero-order valence-corrected chi connectivity index (χ0v) is 20.6. The number of amides is 3. The fourth-order valence-corrected chi connectivity index (χ4v) is 5.02. The maximum absolute atomic E-state index is 12.8. The fourth-order valence-electron chi connectivity index (χ4n) is 3.91. The molecule has 7 nitrogen and oxygen atoms in total. The minimum atomic E-state index is -0.489. The topological polar surface area (TPSA) is 76.2 Å². The number of likely N-dealkylation sites (tertiary alicyclic amines) is 1. The Morgan fingerprint density at radius 2 is 1.94 bits per heavy atom. The van der Waals surface area contributed by atoms with Gasteiger partial charge in [0.15, 0.2) is 11.5 Å². The molecule has 2 heterocycles. The first kappa shape index (κ1) is 24.2. The van der Waals surface area contributed by atoms with E-state index in [0.717, 1.165) is 40.6 Å². The van der Waals surface area contributed by atoms with E-state index in [2.05, 4.69) is 0 Å². The molecule has 0 atom stereocenters. The summed E-state index contributed by atoms with van der Waals surface area (Å²) >= 11 is 7.28. The van der Waals surface area contributed by atoms with Crippen molar-refractivity contribution < 1.29 is 23.9 Å². The van der Waals surface area contributed by atoms with Crippen molar-refractivity contribution >= 4 is 46.5 Å². The van der Waals surface area contributed by atoms with Crippen molar-refractivity contribution in [3.8, 4) is 11.5 Å². The van der Waals surface area contributed by atoms with E-state index in [9.17, 15) is 14.4 Å². The van der Waals surface area contributed by atoms with Crippen LogP contribution in [0.15, 0.2) is 41.3 Å². The number of halogens is 1. The molecular formula is C25H25ClN2O5S. The second-order valence-electron chi connectivity index (χ2n) is 8.17. The summed E-state index contributed by atoms with van der Waals surface area (Å²) in [6.45, 7) is 3.43. The van der Waals surface area contributed by atoms with Crippen molar-refractivity contribution in [1.82, 2.24) is 9.80 Å². The lowest BCUT2D eigenvalue weighted by Crippen LogP contribution is -2.40. The van der Waals surface area contributed by atoms with Gasteiger partial charge in [0.05, 0.1) is 17.0 Å². The quantitative estimate of drug-likeness (QED) is 0.503. The summed E-state index contributed by atoms with van der Waals surface area (Å²) in [6.07, 6.45) is 3.46. The Hall–Kier alpha value is -2.97. The molecule has 9 heteroatoms. The molecule has 0 unspecified atom stereocenters. The number of aryl methyl sites for hydroxylation is 1. The third-order valence-electron chi connectivity index (χ3n) is 5.64. The summed E-state index contributed by atoms with van der Waals surface area (Å²) in [4.78, 5) is 40.5. The fraction of sp³-hybridized carbons (Fsp3) is 0.320. The molecule has 2 aliphatic rings. The number of hydrogen-bond donors (Lipinski definition) is 0. The van der Waals surface area contributed by atoms with E-state index in [1.807, 2.05) is 31.2 Å². The molecule has 2 aromatic carbocycles. The monoisotopic (exact) mass is 500 g/mol. The average Bonchev–Trinajstić information content (AvgIpc) is 3.43. The van der Waals surface area contributed by atoms with E-state index in [1.165, 1.54) is 7.11 Å². The van der Waals surface area contributed by atoms with Crippen molar-refractivity contribution in [3.05, 3.63) is 63.0 Å². The molecule has 0 saturated carbocycles. The number of rotatable bonds is 7. The molecule has 2 aliphatic heterocycles. The van der Waals surface area contributed by atoms with Gasteiger partial charge in [-0.2, -0.15) is 0 Å². The molecule has 0 spiro atoms. The van der Waals surface area contributed by atoms with E-state index in [1.54, 1.807) is 23.1 Å². The molecule has 0 N–H and O–H groups in total. The standard InChI is InChI=1S/C25H25ClN2O5S/c1-16-6-5-7-17(10-16)15-33-23-19(26)11-18(12-20(23)32-2)13-21-24(30)28(25(31)34-21)14-22(29)27-8-3-4-9-27/h5-7,10-13H,3-4,8-9,14-15H2,1-2H3/b21-13+. The van der Waals surface area contributed by atoms with Crippen LogP contribution in [0.1, 0.15) is 29.5 Å². The first-order chi connectivity index (χ1) is 16.4. The highest BCUT2D eigenvalue weighted by molar-refractivity contribution is 8.18. The SMILES string of the molecule is COc1cc(/C=C2/SC(=O)N(CC(=O)N3CCCC3)C2=O)cc(Cl)c1OCc1cccc(C)c1. The van der Waals surface area contributed by atoms with Gasteiger partial charge in [-0.3, -0.25) is 19.3 Å². The maximum atomic E-state index is 12.8. The number of imide groups is 1. The molecule has 2 fully saturated rings. The van der Waals surface area contributed by atoms with Gasteiger partial charge < -0.3 is 14.4 Å². The van der Waals surface area contributed by atoms with Crippen molar-refractivity contribution in [2.75, 3.05) is 26.7 Å². The van der Waals surface area contributed by atoms with E-state index in [-0.39, 0.29) is 17.4 Å². The van der Waals surface area contributed by atoms with Gasteiger partial charge in [0.25, 0.3) is 11.1 Å². The normalized spacial score (nSPS) is 17.1. The lowest BCUT2D eigenvalue weighted by Gasteiger charge is -2.18. The van der Waals surface area contributed by atoms with Crippen LogP contribution in [0.3, 0.4) is 0 Å². The first-order valence-corrected chi connectivity index (χ1v) is 12.1. The second kappa shape index (κ2) is 10.5. The Balaban J connectivity index is 1.49. The molecule has 0 aromatic heterocycles. The zero-order valence-electron chi connectivity index (χ0n) is 19.0. The van der Waals surface area contributed by atoms with Gasteiger partial charge in [-0.1, -0.05) is 41.4 Å². The van der Waals surface area contributed by atoms with Crippen LogP contribution in [-0.2, 0) is 16.2 Å². The number of carbonyl (C=O) groups is 3. The van der Waals surface area contributed by atoms with E-state index >= 15 is 0 Å². The summed E-state index contributed by atoms with van der Waals surface area (Å²) in [5.41, 5.74) is 2.71. The third-order valence-corrected chi connectivity index (χ3v) is 6.83. The Morgan fingerprint density at radius 1 is 1.18 bits per heavy atom. The van der Waals surface area contributed by atoms with Gasteiger partial charge in [-0.05, 0) is 60.9 Å². The van der Waals surface area contributed by atoms with Gasteiger partial charge in [-0.25, -0.2) is 0 Å². The van der Waals surface area contributed by atoms with Crippen LogP contribution in [0.4, 0.5) is 4.79 Å². The number of benzene rings is 2. The largest absolute Gasteiger partial charge is 0.493 e. The maximum Gasteiger partial charge on any atom is 0.294 e. The average molecular weight is 501 g/mol. The van der Waals surface area contributed by atoms with Crippen LogP contribution in [0.25, 0.3) is 6.08 Å². The molecule has 0 radical (unpaired) electrons. The summed E-state index contributed by atoms with van der Waals surface area (Å²) in [7, 11) is 1.51. The highest BCUT2D eigenvalue weighted by Crippen LogP contribution is 2.39. The molecule has 178 valence electrons. The van der Waals surface area contributed by atoms with E-state index in [0.29, 0.717) is 41.8 Å². The number of carbonyl (C=O) groups excluding carboxylic acids is 3. The smallest absolute Gasteiger partial charge is 0.294 e. The Morgan fingerprint density at radius 3 is 2.65 bits per heavy atom. The highest BCUT2D eigenvalue weighted by atomic mass is 35.5. The summed E-state index contributed by atoms with van der Waals surface area (Å²) in [5.74, 6) is 0.111. The molecule has 0 aliphatic carbocycles. The van der Waals surface area contributed by atoms with Crippen molar-refractivity contribution in [2.45, 2.75) is 26.4 Å². The van der Waals surface area contributed by atoms with Crippen molar-refractivity contribution in [3.63, 3.8) is 0 Å². The summed E-state index contributed by atoms with van der Waals surface area (Å²) in [6, 6.07) is 11.3. The van der Waals surface area contributed by atoms with E-state index < -0.39 is 11.1 Å².